The van der Waals surface area contributed by atoms with Gasteiger partial charge in [0.2, 0.25) is 5.95 Å². The zero-order chi connectivity index (χ0) is 24.6. The molecule has 3 aromatic rings. The number of hydrogen-bond donors (Lipinski definition) is 2. The van der Waals surface area contributed by atoms with Crippen LogP contribution in [0, 0.1) is 5.92 Å². The van der Waals surface area contributed by atoms with Crippen LogP contribution in [-0.2, 0) is 13.0 Å². The molecule has 8 nitrogen and oxygen atoms in total. The summed E-state index contributed by atoms with van der Waals surface area (Å²) >= 11 is 0. The first kappa shape index (κ1) is 22.8. The number of nitrogens with zero attached hydrogens (tertiary/aromatic N) is 6. The molecule has 5 heterocycles. The van der Waals surface area contributed by atoms with Gasteiger partial charge in [0.25, 0.3) is 0 Å². The highest BCUT2D eigenvalue weighted by Crippen LogP contribution is 2.40. The van der Waals surface area contributed by atoms with Crippen molar-refractivity contribution in [1.82, 2.24) is 25.3 Å². The molecule has 0 radical (unpaired) electrons. The Bertz CT molecular complexity index is 1350. The molecule has 6 rings (SSSR count). The number of aliphatic imine (C=N–C) groups is 1. The molecule has 1 fully saturated rings. The lowest BCUT2D eigenvalue weighted by atomic mass is 9.89. The van der Waals surface area contributed by atoms with E-state index in [0.717, 1.165) is 83.6 Å². The monoisotopic (exact) mass is 484 g/mol. The van der Waals surface area contributed by atoms with Gasteiger partial charge in [0, 0.05) is 77.2 Å². The van der Waals surface area contributed by atoms with Gasteiger partial charge in [0.1, 0.15) is 5.82 Å². The van der Waals surface area contributed by atoms with Crippen molar-refractivity contribution >= 4 is 28.7 Å². The van der Waals surface area contributed by atoms with Gasteiger partial charge in [0.15, 0.2) is 0 Å². The molecule has 1 saturated heterocycles. The molecule has 36 heavy (non-hydrogen) atoms. The van der Waals surface area contributed by atoms with Gasteiger partial charge in [-0.25, -0.2) is 19.9 Å². The van der Waals surface area contributed by atoms with Gasteiger partial charge in [-0.2, -0.15) is 0 Å². The zero-order valence-electron chi connectivity index (χ0n) is 21.1. The summed E-state index contributed by atoms with van der Waals surface area (Å²) in [7, 11) is 0. The Hall–Kier alpha value is -3.65. The Balaban J connectivity index is 0.00000168. The summed E-state index contributed by atoms with van der Waals surface area (Å²) in [5.74, 6) is 2.42. The van der Waals surface area contributed by atoms with Crippen molar-refractivity contribution in [3.05, 3.63) is 70.9 Å². The third-order valence-electron chi connectivity index (χ3n) is 7.24. The smallest absolute Gasteiger partial charge is 0.223 e. The van der Waals surface area contributed by atoms with Crippen LogP contribution in [0.5, 0.6) is 0 Å². The minimum absolute atomic E-state index is 0. The van der Waals surface area contributed by atoms with Crippen LogP contribution in [-0.4, -0.2) is 51.8 Å². The largest absolute Gasteiger partial charge is 0.354 e. The van der Waals surface area contributed by atoms with Crippen LogP contribution in [0.4, 0.5) is 17.5 Å². The molecule has 0 spiro atoms. The SMILES string of the molecule is CC1=Nc2ccc(C3=CCc4nc(NCc5ccc(N6CCNCC6)nc5)ncc43)nc2C1C(C)C.[HH].[HH]. The highest BCUT2D eigenvalue weighted by Gasteiger charge is 2.30. The summed E-state index contributed by atoms with van der Waals surface area (Å²) in [6.45, 7) is 11.2. The van der Waals surface area contributed by atoms with Crippen LogP contribution in [0.1, 0.15) is 57.8 Å². The van der Waals surface area contributed by atoms with Gasteiger partial charge >= 0.3 is 0 Å². The molecule has 2 aliphatic heterocycles. The normalized spacial score (nSPS) is 18.7. The molecule has 1 aliphatic carbocycles. The van der Waals surface area contributed by atoms with Gasteiger partial charge in [-0.05, 0) is 36.6 Å². The number of piperazine rings is 1. The highest BCUT2D eigenvalue weighted by molar-refractivity contribution is 5.96. The number of pyridine rings is 2. The lowest BCUT2D eigenvalue weighted by Gasteiger charge is -2.28. The van der Waals surface area contributed by atoms with E-state index in [2.05, 4.69) is 76.6 Å². The van der Waals surface area contributed by atoms with Crippen LogP contribution in [0.3, 0.4) is 0 Å². The number of fused-ring (bicyclic) bond motifs is 2. The number of anilines is 2. The first-order valence-electron chi connectivity index (χ1n) is 12.8. The molecule has 0 amide bonds. The molecule has 0 bridgehead atoms. The van der Waals surface area contributed by atoms with E-state index in [1.807, 2.05) is 12.4 Å². The molecule has 2 N–H and O–H groups in total. The first-order chi connectivity index (χ1) is 17.6. The fourth-order valence-corrected chi connectivity index (χ4v) is 5.41. The van der Waals surface area contributed by atoms with E-state index < -0.39 is 0 Å². The average Bonchev–Trinajstić information content (AvgIpc) is 3.47. The lowest BCUT2D eigenvalue weighted by molar-refractivity contribution is 0.585. The molecule has 0 aromatic carbocycles. The van der Waals surface area contributed by atoms with E-state index in [1.54, 1.807) is 0 Å². The minimum Gasteiger partial charge on any atom is -0.354 e. The summed E-state index contributed by atoms with van der Waals surface area (Å²) in [6, 6.07) is 8.39. The van der Waals surface area contributed by atoms with Gasteiger partial charge in [-0.15, -0.1) is 0 Å². The summed E-state index contributed by atoms with van der Waals surface area (Å²) < 4.78 is 0. The van der Waals surface area contributed by atoms with Gasteiger partial charge < -0.3 is 15.5 Å². The predicted octanol–water partition coefficient (Wildman–Crippen LogP) is 4.61. The summed E-state index contributed by atoms with van der Waals surface area (Å²) in [5.41, 5.74) is 8.53. The van der Waals surface area contributed by atoms with Gasteiger partial charge in [-0.3, -0.25) is 4.99 Å². The standard InChI is InChI=1S/C28H32N8.2H2/c1-17(2)26-18(3)33-24-8-7-22(34-27(24)26)20-5-6-23-21(20)16-32-28(35-23)31-15-19-4-9-25(30-14-19)36-12-10-29-11-13-36;;/h4-5,7-9,14,16-17,26,29H,6,10-13,15H2,1-3H3,(H,31,32,35);2*1H. The van der Waals surface area contributed by atoms with Crippen LogP contribution < -0.4 is 15.5 Å². The summed E-state index contributed by atoms with van der Waals surface area (Å²) in [6.07, 6.45) is 6.85. The predicted molar refractivity (Wildman–Crippen MR) is 148 cm³/mol. The lowest BCUT2D eigenvalue weighted by Crippen LogP contribution is -2.43. The third kappa shape index (κ3) is 4.26. The quantitative estimate of drug-likeness (QED) is 0.528. The van der Waals surface area contributed by atoms with Crippen LogP contribution in [0.2, 0.25) is 0 Å². The van der Waals surface area contributed by atoms with E-state index in [4.69, 9.17) is 15.0 Å². The first-order valence-corrected chi connectivity index (χ1v) is 12.8. The Morgan fingerprint density at radius 2 is 1.94 bits per heavy atom. The van der Waals surface area contributed by atoms with E-state index in [1.165, 1.54) is 0 Å². The van der Waals surface area contributed by atoms with Crippen molar-refractivity contribution < 1.29 is 2.85 Å². The Morgan fingerprint density at radius 3 is 2.72 bits per heavy atom. The second-order valence-electron chi connectivity index (χ2n) is 10.1. The molecule has 0 saturated carbocycles. The average molecular weight is 485 g/mol. The Kier molecular flexibility index (Phi) is 5.97. The van der Waals surface area contributed by atoms with Crippen molar-refractivity contribution in [2.75, 3.05) is 36.4 Å². The highest BCUT2D eigenvalue weighted by atomic mass is 15.2. The number of hydrogen-bond acceptors (Lipinski definition) is 8. The van der Waals surface area contributed by atoms with Crippen molar-refractivity contribution in [1.29, 1.82) is 0 Å². The third-order valence-corrected chi connectivity index (χ3v) is 7.24. The molecular formula is C28H36N8. The minimum atomic E-state index is 0. The van der Waals surface area contributed by atoms with E-state index in [-0.39, 0.29) is 8.77 Å². The van der Waals surface area contributed by atoms with Gasteiger partial charge in [-0.1, -0.05) is 26.0 Å². The van der Waals surface area contributed by atoms with Crippen molar-refractivity contribution in [2.45, 2.75) is 39.7 Å². The van der Waals surface area contributed by atoms with E-state index >= 15 is 0 Å². The molecule has 3 aliphatic rings. The molecule has 8 heteroatoms. The van der Waals surface area contributed by atoms with Gasteiger partial charge in [0.05, 0.1) is 22.8 Å². The number of nitrogens with one attached hydrogen (secondary N) is 2. The number of allylic oxidation sites excluding steroid dienone is 1. The van der Waals surface area contributed by atoms with Crippen LogP contribution in [0.15, 0.2) is 47.7 Å². The maximum absolute atomic E-state index is 5.06. The van der Waals surface area contributed by atoms with Crippen molar-refractivity contribution in [3.8, 4) is 0 Å². The summed E-state index contributed by atoms with van der Waals surface area (Å²) in [5, 5.41) is 6.74. The van der Waals surface area contributed by atoms with Crippen LogP contribution >= 0.6 is 0 Å². The maximum atomic E-state index is 5.06. The van der Waals surface area contributed by atoms with E-state index in [0.29, 0.717) is 18.4 Å². The Morgan fingerprint density at radius 1 is 1.08 bits per heavy atom. The fourth-order valence-electron chi connectivity index (χ4n) is 5.41. The fraction of sp³-hybridized carbons (Fsp3) is 0.393. The molecule has 3 aromatic heterocycles. The van der Waals surface area contributed by atoms with Crippen molar-refractivity contribution in [2.24, 2.45) is 10.9 Å². The van der Waals surface area contributed by atoms with E-state index in [9.17, 15) is 0 Å². The Labute approximate surface area is 215 Å². The zero-order valence-corrected chi connectivity index (χ0v) is 21.1. The van der Waals surface area contributed by atoms with Crippen molar-refractivity contribution in [3.63, 3.8) is 0 Å². The summed E-state index contributed by atoms with van der Waals surface area (Å²) in [4.78, 5) is 26.2. The second kappa shape index (κ2) is 9.43. The molecule has 188 valence electrons. The molecule has 1 atom stereocenters. The number of aromatic nitrogens is 4. The van der Waals surface area contributed by atoms with Crippen LogP contribution in [0.25, 0.3) is 5.57 Å². The molecule has 1 unspecified atom stereocenters. The maximum Gasteiger partial charge on any atom is 0.223 e. The topological polar surface area (TPSA) is 91.2 Å². The molecular weight excluding hydrogens is 448 g/mol. The second-order valence-corrected chi connectivity index (χ2v) is 10.1. The number of rotatable bonds is 6.